The van der Waals surface area contributed by atoms with Crippen molar-refractivity contribution in [1.82, 2.24) is 0 Å². The second kappa shape index (κ2) is 7.17. The average molecular weight is 325 g/mol. The van der Waals surface area contributed by atoms with Crippen LogP contribution in [0, 0.1) is 0 Å². The third-order valence-corrected chi connectivity index (χ3v) is 4.12. The molecule has 0 unspecified atom stereocenters. The number of carbonyl (C=O) groups excluding carboxylic acids is 1. The third-order valence-electron chi connectivity index (χ3n) is 4.12. The molecule has 2 aromatic rings. The molecule has 0 aliphatic heterocycles. The van der Waals surface area contributed by atoms with Gasteiger partial charge in [-0.3, -0.25) is 4.79 Å². The van der Waals surface area contributed by atoms with Crippen molar-refractivity contribution in [3.63, 3.8) is 0 Å². The van der Waals surface area contributed by atoms with Crippen molar-refractivity contribution in [2.24, 2.45) is 0 Å². The molecule has 24 heavy (non-hydrogen) atoms. The molecule has 0 spiro atoms. The Morgan fingerprint density at radius 1 is 1.04 bits per heavy atom. The maximum Gasteiger partial charge on any atom is 0.337 e. The quantitative estimate of drug-likeness (QED) is 0.884. The molecule has 1 aliphatic rings. The number of ether oxygens (including phenoxy) is 1. The van der Waals surface area contributed by atoms with Gasteiger partial charge in [0.2, 0.25) is 0 Å². The molecule has 0 bridgehead atoms. The second-order valence-corrected chi connectivity index (χ2v) is 5.83. The minimum atomic E-state index is -1.08. The summed E-state index contributed by atoms with van der Waals surface area (Å²) >= 11 is 0. The van der Waals surface area contributed by atoms with Crippen LogP contribution in [-0.2, 0) is 17.6 Å². The zero-order valence-corrected chi connectivity index (χ0v) is 13.2. The largest absolute Gasteiger partial charge is 0.484 e. The van der Waals surface area contributed by atoms with Crippen LogP contribution in [0.4, 0.5) is 5.69 Å². The molecule has 2 N–H and O–H groups in total. The molecule has 1 amide bonds. The first-order valence-electron chi connectivity index (χ1n) is 8.00. The highest BCUT2D eigenvalue weighted by Crippen LogP contribution is 2.25. The van der Waals surface area contributed by atoms with Gasteiger partial charge in [0, 0.05) is 0 Å². The van der Waals surface area contributed by atoms with Crippen molar-refractivity contribution >= 4 is 17.6 Å². The Bertz CT molecular complexity index is 770. The summed E-state index contributed by atoms with van der Waals surface area (Å²) in [6, 6.07) is 12.2. The van der Waals surface area contributed by atoms with Crippen LogP contribution in [0.15, 0.2) is 42.5 Å². The van der Waals surface area contributed by atoms with Gasteiger partial charge in [-0.2, -0.15) is 0 Å². The van der Waals surface area contributed by atoms with Gasteiger partial charge in [0.05, 0.1) is 11.3 Å². The van der Waals surface area contributed by atoms with E-state index in [2.05, 4.69) is 11.4 Å². The summed E-state index contributed by atoms with van der Waals surface area (Å²) in [6.45, 7) is -0.160. The first kappa shape index (κ1) is 16.1. The number of hydrogen-bond acceptors (Lipinski definition) is 3. The Morgan fingerprint density at radius 2 is 1.79 bits per heavy atom. The summed E-state index contributed by atoms with van der Waals surface area (Å²) in [6.07, 6.45) is 4.55. The van der Waals surface area contributed by atoms with Crippen molar-refractivity contribution < 1.29 is 19.4 Å². The van der Waals surface area contributed by atoms with Gasteiger partial charge in [-0.05, 0) is 61.1 Å². The number of rotatable bonds is 5. The number of carboxylic acids is 1. The lowest BCUT2D eigenvalue weighted by Gasteiger charge is -2.16. The summed E-state index contributed by atoms with van der Waals surface area (Å²) < 4.78 is 5.55. The van der Waals surface area contributed by atoms with Gasteiger partial charge in [-0.25, -0.2) is 4.79 Å². The fourth-order valence-corrected chi connectivity index (χ4v) is 2.91. The van der Waals surface area contributed by atoms with Gasteiger partial charge in [0.1, 0.15) is 5.75 Å². The first-order valence-corrected chi connectivity index (χ1v) is 8.00. The molecule has 124 valence electrons. The number of anilines is 1. The molecule has 0 atom stereocenters. The van der Waals surface area contributed by atoms with Crippen molar-refractivity contribution in [2.75, 3.05) is 11.9 Å². The van der Waals surface area contributed by atoms with Gasteiger partial charge in [0.15, 0.2) is 6.61 Å². The van der Waals surface area contributed by atoms with Crippen LogP contribution in [0.2, 0.25) is 0 Å². The zero-order valence-electron chi connectivity index (χ0n) is 13.2. The maximum absolute atomic E-state index is 12.0. The number of fused-ring (bicyclic) bond motifs is 1. The van der Waals surface area contributed by atoms with Crippen LogP contribution in [0.3, 0.4) is 0 Å². The molecule has 0 fully saturated rings. The summed E-state index contributed by atoms with van der Waals surface area (Å²) in [5, 5.41) is 11.7. The second-order valence-electron chi connectivity index (χ2n) is 5.83. The number of carbonyl (C=O) groups is 2. The van der Waals surface area contributed by atoms with Crippen molar-refractivity contribution in [1.29, 1.82) is 0 Å². The van der Waals surface area contributed by atoms with Gasteiger partial charge >= 0.3 is 5.97 Å². The number of para-hydroxylation sites is 1. The molecule has 5 heteroatoms. The Balaban J connectivity index is 1.61. The van der Waals surface area contributed by atoms with Crippen LogP contribution in [0.1, 0.15) is 34.3 Å². The predicted octanol–water partition coefficient (Wildman–Crippen LogP) is 3.28. The van der Waals surface area contributed by atoms with Crippen molar-refractivity contribution in [3.8, 4) is 5.75 Å². The van der Waals surface area contributed by atoms with E-state index in [4.69, 9.17) is 9.84 Å². The summed E-state index contributed by atoms with van der Waals surface area (Å²) in [5.74, 6) is -0.805. The van der Waals surface area contributed by atoms with Crippen LogP contribution in [-0.4, -0.2) is 23.6 Å². The number of nitrogens with one attached hydrogen (secondary N) is 1. The monoisotopic (exact) mass is 325 g/mol. The van der Waals surface area contributed by atoms with Crippen LogP contribution in [0.5, 0.6) is 5.75 Å². The standard InChI is InChI=1S/C19H19NO4/c21-18(20-17-8-4-3-7-16(17)19(22)23)12-24-15-10-9-13-5-1-2-6-14(13)11-15/h3-4,7-11H,1-2,5-6,12H2,(H,20,21)(H,22,23). The van der Waals surface area contributed by atoms with E-state index in [1.165, 1.54) is 30.0 Å². The number of aryl methyl sites for hydroxylation is 2. The topological polar surface area (TPSA) is 75.6 Å². The van der Waals surface area contributed by atoms with Gasteiger partial charge in [-0.15, -0.1) is 0 Å². The highest BCUT2D eigenvalue weighted by Gasteiger charge is 2.13. The van der Waals surface area contributed by atoms with E-state index in [9.17, 15) is 9.59 Å². The van der Waals surface area contributed by atoms with E-state index in [1.54, 1.807) is 18.2 Å². The van der Waals surface area contributed by atoms with Crippen molar-refractivity contribution in [3.05, 3.63) is 59.2 Å². The fraction of sp³-hybridized carbons (Fsp3) is 0.263. The van der Waals surface area contributed by atoms with E-state index < -0.39 is 5.97 Å². The molecule has 0 saturated heterocycles. The molecule has 1 aliphatic carbocycles. The lowest BCUT2D eigenvalue weighted by atomic mass is 9.92. The number of benzene rings is 2. The van der Waals surface area contributed by atoms with E-state index in [0.717, 1.165) is 12.8 Å². The minimum absolute atomic E-state index is 0.0552. The number of hydrogen-bond donors (Lipinski definition) is 2. The highest BCUT2D eigenvalue weighted by molar-refractivity contribution is 6.00. The first-order chi connectivity index (χ1) is 11.6. The molecule has 0 aromatic heterocycles. The smallest absolute Gasteiger partial charge is 0.337 e. The molecular formula is C19H19NO4. The molecule has 5 nitrogen and oxygen atoms in total. The summed E-state index contributed by atoms with van der Waals surface area (Å²) in [4.78, 5) is 23.2. The normalized spacial score (nSPS) is 13.0. The number of aromatic carboxylic acids is 1. The minimum Gasteiger partial charge on any atom is -0.484 e. The van der Waals surface area contributed by atoms with Crippen molar-refractivity contribution in [2.45, 2.75) is 25.7 Å². The Kier molecular flexibility index (Phi) is 4.79. The molecule has 2 aromatic carbocycles. The lowest BCUT2D eigenvalue weighted by molar-refractivity contribution is -0.118. The highest BCUT2D eigenvalue weighted by atomic mass is 16.5. The molecule has 3 rings (SSSR count). The van der Waals surface area contributed by atoms with Gasteiger partial charge < -0.3 is 15.2 Å². The summed E-state index contributed by atoms with van der Waals surface area (Å²) in [7, 11) is 0. The Labute approximate surface area is 140 Å². The molecule has 0 saturated carbocycles. The Hall–Kier alpha value is -2.82. The van der Waals surface area contributed by atoms with Gasteiger partial charge in [0.25, 0.3) is 5.91 Å². The van der Waals surface area contributed by atoms with E-state index in [1.807, 2.05) is 12.1 Å². The number of carboxylic acid groups (broad SMARTS) is 1. The SMILES string of the molecule is O=C(COc1ccc2c(c1)CCCC2)Nc1ccccc1C(=O)O. The van der Waals surface area contributed by atoms with E-state index in [-0.39, 0.29) is 23.8 Å². The van der Waals surface area contributed by atoms with Crippen LogP contribution in [0.25, 0.3) is 0 Å². The molecular weight excluding hydrogens is 306 g/mol. The predicted molar refractivity (Wildman–Crippen MR) is 90.6 cm³/mol. The Morgan fingerprint density at radius 3 is 2.58 bits per heavy atom. The molecule has 0 heterocycles. The third kappa shape index (κ3) is 3.74. The summed E-state index contributed by atoms with van der Waals surface area (Å²) in [5.41, 5.74) is 2.97. The lowest BCUT2D eigenvalue weighted by Crippen LogP contribution is -2.21. The van der Waals surface area contributed by atoms with Crippen LogP contribution >= 0.6 is 0 Å². The fourth-order valence-electron chi connectivity index (χ4n) is 2.91. The zero-order chi connectivity index (χ0) is 16.9. The number of amides is 1. The van der Waals surface area contributed by atoms with Crippen LogP contribution < -0.4 is 10.1 Å². The van der Waals surface area contributed by atoms with E-state index in [0.29, 0.717) is 5.75 Å². The molecule has 0 radical (unpaired) electrons. The maximum atomic E-state index is 12.0. The average Bonchev–Trinajstić information content (AvgIpc) is 2.60. The van der Waals surface area contributed by atoms with E-state index >= 15 is 0 Å². The van der Waals surface area contributed by atoms with Gasteiger partial charge in [-0.1, -0.05) is 18.2 Å².